The quantitative estimate of drug-likeness (QED) is 0.763. The van der Waals surface area contributed by atoms with Gasteiger partial charge in [-0.1, -0.05) is 26.0 Å². The highest BCUT2D eigenvalue weighted by Crippen LogP contribution is 2.25. The molecule has 0 spiro atoms. The van der Waals surface area contributed by atoms with Gasteiger partial charge in [-0.25, -0.2) is 0 Å². The van der Waals surface area contributed by atoms with E-state index in [1.807, 2.05) is 18.2 Å². The summed E-state index contributed by atoms with van der Waals surface area (Å²) in [5.41, 5.74) is 2.89. The summed E-state index contributed by atoms with van der Waals surface area (Å²) in [5, 5.41) is 0. The van der Waals surface area contributed by atoms with Gasteiger partial charge in [-0.15, -0.1) is 0 Å². The van der Waals surface area contributed by atoms with Crippen molar-refractivity contribution in [1.82, 2.24) is 4.72 Å². The van der Waals surface area contributed by atoms with Gasteiger partial charge in [0, 0.05) is 6.54 Å². The lowest BCUT2D eigenvalue weighted by Crippen LogP contribution is -2.34. The number of rotatable bonds is 1. The van der Waals surface area contributed by atoms with Crippen LogP contribution in [0, 0.1) is 0 Å². The summed E-state index contributed by atoms with van der Waals surface area (Å²) in [6, 6.07) is 5.81. The summed E-state index contributed by atoms with van der Waals surface area (Å²) in [4.78, 5) is 0. The highest BCUT2D eigenvalue weighted by molar-refractivity contribution is 7.90. The smallest absolute Gasteiger partial charge is 0.271 e. The molecule has 0 bridgehead atoms. The molecular formula is C10H14N2O2S. The molecule has 0 radical (unpaired) electrons. The van der Waals surface area contributed by atoms with Crippen molar-refractivity contribution in [3.8, 4) is 0 Å². The zero-order valence-corrected chi connectivity index (χ0v) is 9.56. The molecular weight excluding hydrogens is 212 g/mol. The summed E-state index contributed by atoms with van der Waals surface area (Å²) < 4.78 is 27.3. The minimum atomic E-state index is -3.33. The lowest BCUT2D eigenvalue weighted by atomic mass is 10.00. The zero-order chi connectivity index (χ0) is 11.1. The van der Waals surface area contributed by atoms with Crippen molar-refractivity contribution in [2.24, 2.45) is 0 Å². The second kappa shape index (κ2) is 3.50. The van der Waals surface area contributed by atoms with Crippen LogP contribution in [0.4, 0.5) is 5.69 Å². The average Bonchev–Trinajstić information content (AvgIpc) is 2.15. The van der Waals surface area contributed by atoms with Crippen LogP contribution in [0.2, 0.25) is 0 Å². The van der Waals surface area contributed by atoms with Crippen LogP contribution in [-0.2, 0) is 16.8 Å². The van der Waals surface area contributed by atoms with E-state index in [-0.39, 0.29) is 0 Å². The van der Waals surface area contributed by atoms with E-state index in [1.165, 1.54) is 5.56 Å². The minimum Gasteiger partial charge on any atom is -0.271 e. The van der Waals surface area contributed by atoms with Crippen molar-refractivity contribution in [2.45, 2.75) is 26.3 Å². The van der Waals surface area contributed by atoms with E-state index in [0.717, 1.165) is 5.56 Å². The maximum Gasteiger partial charge on any atom is 0.299 e. The van der Waals surface area contributed by atoms with Crippen LogP contribution in [-0.4, -0.2) is 8.42 Å². The van der Waals surface area contributed by atoms with Crippen LogP contribution in [0.15, 0.2) is 18.2 Å². The second-order valence-electron chi connectivity index (χ2n) is 4.00. The van der Waals surface area contributed by atoms with Crippen LogP contribution in [0.3, 0.4) is 0 Å². The van der Waals surface area contributed by atoms with E-state index in [4.69, 9.17) is 0 Å². The predicted molar refractivity (Wildman–Crippen MR) is 59.9 cm³/mol. The normalized spacial score (nSPS) is 18.3. The Morgan fingerprint density at radius 3 is 2.73 bits per heavy atom. The Hall–Kier alpha value is -1.07. The summed E-state index contributed by atoms with van der Waals surface area (Å²) in [5.74, 6) is 0.453. The van der Waals surface area contributed by atoms with Gasteiger partial charge in [0.05, 0.1) is 5.69 Å². The molecule has 0 aromatic heterocycles. The molecule has 5 heteroatoms. The van der Waals surface area contributed by atoms with Gasteiger partial charge in [0.25, 0.3) is 10.2 Å². The molecule has 2 N–H and O–H groups in total. The fourth-order valence-corrected chi connectivity index (χ4v) is 2.48. The molecule has 0 unspecified atom stereocenters. The first-order chi connectivity index (χ1) is 6.98. The third kappa shape index (κ3) is 2.13. The van der Waals surface area contributed by atoms with Gasteiger partial charge in [-0.05, 0) is 23.1 Å². The molecule has 0 saturated heterocycles. The lowest BCUT2D eigenvalue weighted by Gasteiger charge is -2.20. The number of hydrogen-bond acceptors (Lipinski definition) is 2. The van der Waals surface area contributed by atoms with Crippen molar-refractivity contribution >= 4 is 15.9 Å². The van der Waals surface area contributed by atoms with E-state index in [9.17, 15) is 8.42 Å². The Morgan fingerprint density at radius 2 is 2.07 bits per heavy atom. The molecule has 1 heterocycles. The molecule has 0 fully saturated rings. The standard InChI is InChI=1S/C10H14N2O2S/c1-7(2)8-3-4-10-9(5-8)6-11-15(13,14)12-10/h3-5,7,11-12H,6H2,1-2H3. The summed E-state index contributed by atoms with van der Waals surface area (Å²) in [7, 11) is -3.33. The van der Waals surface area contributed by atoms with Gasteiger partial charge in [0.15, 0.2) is 0 Å². The third-order valence-corrected chi connectivity index (χ3v) is 3.51. The predicted octanol–water partition coefficient (Wildman–Crippen LogP) is 1.57. The molecule has 0 aliphatic carbocycles. The number of benzene rings is 1. The maximum atomic E-state index is 11.2. The fraction of sp³-hybridized carbons (Fsp3) is 0.400. The van der Waals surface area contributed by atoms with E-state index in [0.29, 0.717) is 18.2 Å². The highest BCUT2D eigenvalue weighted by atomic mass is 32.2. The number of hydrogen-bond donors (Lipinski definition) is 2. The van der Waals surface area contributed by atoms with Gasteiger partial charge in [-0.2, -0.15) is 13.1 Å². The van der Waals surface area contributed by atoms with Crippen LogP contribution in [0.5, 0.6) is 0 Å². The van der Waals surface area contributed by atoms with Crippen molar-refractivity contribution in [3.63, 3.8) is 0 Å². The van der Waals surface area contributed by atoms with Gasteiger partial charge in [-0.3, -0.25) is 4.72 Å². The van der Waals surface area contributed by atoms with Crippen molar-refractivity contribution in [1.29, 1.82) is 0 Å². The number of nitrogens with one attached hydrogen (secondary N) is 2. The molecule has 82 valence electrons. The Bertz CT molecular complexity index is 480. The Balaban J connectivity index is 2.41. The molecule has 1 aromatic rings. The molecule has 2 rings (SSSR count). The Labute approximate surface area is 89.9 Å². The Kier molecular flexibility index (Phi) is 2.44. The molecule has 0 amide bonds. The molecule has 15 heavy (non-hydrogen) atoms. The third-order valence-electron chi connectivity index (χ3n) is 2.49. The first-order valence-electron chi connectivity index (χ1n) is 4.88. The van der Waals surface area contributed by atoms with Gasteiger partial charge < -0.3 is 0 Å². The van der Waals surface area contributed by atoms with Crippen LogP contribution in [0.25, 0.3) is 0 Å². The van der Waals surface area contributed by atoms with Crippen LogP contribution in [0.1, 0.15) is 30.9 Å². The molecule has 1 aliphatic heterocycles. The van der Waals surface area contributed by atoms with Gasteiger partial charge >= 0.3 is 0 Å². The summed E-state index contributed by atoms with van der Waals surface area (Å²) in [6.45, 7) is 4.59. The largest absolute Gasteiger partial charge is 0.299 e. The summed E-state index contributed by atoms with van der Waals surface area (Å²) in [6.07, 6.45) is 0. The van der Waals surface area contributed by atoms with Crippen LogP contribution < -0.4 is 9.44 Å². The minimum absolute atomic E-state index is 0.366. The van der Waals surface area contributed by atoms with Gasteiger partial charge in [0.2, 0.25) is 0 Å². The summed E-state index contributed by atoms with van der Waals surface area (Å²) >= 11 is 0. The lowest BCUT2D eigenvalue weighted by molar-refractivity contribution is 0.584. The van der Waals surface area contributed by atoms with Crippen molar-refractivity contribution in [2.75, 3.05) is 4.72 Å². The van der Waals surface area contributed by atoms with E-state index < -0.39 is 10.2 Å². The number of anilines is 1. The van der Waals surface area contributed by atoms with Crippen molar-refractivity contribution < 1.29 is 8.42 Å². The molecule has 0 saturated carbocycles. The highest BCUT2D eigenvalue weighted by Gasteiger charge is 2.19. The first kappa shape index (κ1) is 10.4. The first-order valence-corrected chi connectivity index (χ1v) is 6.36. The second-order valence-corrected chi connectivity index (χ2v) is 5.50. The SMILES string of the molecule is CC(C)c1ccc2c(c1)CNS(=O)(=O)N2. The fourth-order valence-electron chi connectivity index (χ4n) is 1.57. The topological polar surface area (TPSA) is 58.2 Å². The average molecular weight is 226 g/mol. The monoisotopic (exact) mass is 226 g/mol. The Morgan fingerprint density at radius 1 is 1.33 bits per heavy atom. The van der Waals surface area contributed by atoms with Crippen LogP contribution >= 0.6 is 0 Å². The zero-order valence-electron chi connectivity index (χ0n) is 8.74. The van der Waals surface area contributed by atoms with E-state index in [1.54, 1.807) is 0 Å². The molecule has 4 nitrogen and oxygen atoms in total. The van der Waals surface area contributed by atoms with Crippen molar-refractivity contribution in [3.05, 3.63) is 29.3 Å². The van der Waals surface area contributed by atoms with E-state index in [2.05, 4.69) is 23.3 Å². The van der Waals surface area contributed by atoms with E-state index >= 15 is 0 Å². The molecule has 0 atom stereocenters. The molecule has 1 aliphatic rings. The number of fused-ring (bicyclic) bond motifs is 1. The maximum absolute atomic E-state index is 11.2. The molecule has 1 aromatic carbocycles. The van der Waals surface area contributed by atoms with Gasteiger partial charge in [0.1, 0.15) is 0 Å².